The molecule has 0 bridgehead atoms. The summed E-state index contributed by atoms with van der Waals surface area (Å²) in [6.07, 6.45) is 0.711. The summed E-state index contributed by atoms with van der Waals surface area (Å²) in [5.41, 5.74) is 1.40. The van der Waals surface area contributed by atoms with Crippen LogP contribution in [0.15, 0.2) is 40.0 Å². The summed E-state index contributed by atoms with van der Waals surface area (Å²) >= 11 is 1.66. The molecule has 1 aliphatic rings. The first-order valence-corrected chi connectivity index (χ1v) is 8.44. The molecule has 6 heteroatoms. The first-order valence-electron chi connectivity index (χ1n) is 7.49. The number of thiophene rings is 1. The average Bonchev–Trinajstić information content (AvgIpc) is 3.06. The molecule has 1 saturated carbocycles. The molecule has 0 spiro atoms. The zero-order chi connectivity index (χ0) is 16.4. The Morgan fingerprint density at radius 3 is 2.70 bits per heavy atom. The minimum atomic E-state index is -0.471. The molecule has 2 aromatic rings. The summed E-state index contributed by atoms with van der Waals surface area (Å²) in [5, 5.41) is 7.44. The van der Waals surface area contributed by atoms with Gasteiger partial charge in [0.1, 0.15) is 11.6 Å². The smallest absolute Gasteiger partial charge is 0.193 e. The molecule has 1 aromatic carbocycles. The van der Waals surface area contributed by atoms with Crippen molar-refractivity contribution in [2.24, 2.45) is 4.99 Å². The number of guanidine groups is 1. The molecule has 0 saturated heterocycles. The first kappa shape index (κ1) is 15.9. The fourth-order valence-corrected chi connectivity index (χ4v) is 3.44. The molecule has 1 aliphatic carbocycles. The van der Waals surface area contributed by atoms with Gasteiger partial charge in [-0.3, -0.25) is 4.99 Å². The number of hydrogen-bond acceptors (Lipinski definition) is 2. The first-order chi connectivity index (χ1) is 11.1. The van der Waals surface area contributed by atoms with Crippen LogP contribution in [-0.2, 0) is 6.54 Å². The standard InChI is InChI=1S/C17H19F2N3S/c1-20-17(22(2)9-11-6-7-23-10-11)21-15-8-12(15)16-13(18)4-3-5-14(16)19/h3-7,10,12,15H,8-9H2,1-2H3,(H,20,21). The normalized spacial score (nSPS) is 20.4. The minimum Gasteiger partial charge on any atom is -0.353 e. The van der Waals surface area contributed by atoms with Crippen molar-refractivity contribution in [1.82, 2.24) is 10.2 Å². The van der Waals surface area contributed by atoms with Crippen LogP contribution in [-0.4, -0.2) is 31.0 Å². The molecule has 2 atom stereocenters. The highest BCUT2D eigenvalue weighted by Gasteiger charge is 2.42. The van der Waals surface area contributed by atoms with E-state index < -0.39 is 11.6 Å². The van der Waals surface area contributed by atoms with E-state index in [0.717, 1.165) is 12.5 Å². The maximum Gasteiger partial charge on any atom is 0.193 e. The molecule has 2 unspecified atom stereocenters. The summed E-state index contributed by atoms with van der Waals surface area (Å²) in [7, 11) is 3.67. The summed E-state index contributed by atoms with van der Waals surface area (Å²) < 4.78 is 27.7. The molecule has 3 rings (SSSR count). The predicted octanol–water partition coefficient (Wildman–Crippen LogP) is 3.59. The van der Waals surface area contributed by atoms with E-state index in [4.69, 9.17) is 0 Å². The Morgan fingerprint density at radius 2 is 2.09 bits per heavy atom. The maximum atomic E-state index is 13.8. The van der Waals surface area contributed by atoms with Gasteiger partial charge in [-0.25, -0.2) is 8.78 Å². The van der Waals surface area contributed by atoms with Crippen LogP contribution in [0, 0.1) is 11.6 Å². The van der Waals surface area contributed by atoms with Gasteiger partial charge in [0.25, 0.3) is 0 Å². The topological polar surface area (TPSA) is 27.6 Å². The number of rotatable bonds is 4. The molecule has 0 amide bonds. The predicted molar refractivity (Wildman–Crippen MR) is 89.8 cm³/mol. The van der Waals surface area contributed by atoms with Crippen molar-refractivity contribution < 1.29 is 8.78 Å². The van der Waals surface area contributed by atoms with E-state index >= 15 is 0 Å². The van der Waals surface area contributed by atoms with E-state index in [0.29, 0.717) is 6.42 Å². The number of nitrogens with one attached hydrogen (secondary N) is 1. The Kier molecular flexibility index (Phi) is 4.61. The van der Waals surface area contributed by atoms with Crippen LogP contribution in [0.3, 0.4) is 0 Å². The largest absolute Gasteiger partial charge is 0.353 e. The van der Waals surface area contributed by atoms with Crippen LogP contribution < -0.4 is 5.32 Å². The molecular formula is C17H19F2N3S. The Morgan fingerprint density at radius 1 is 1.35 bits per heavy atom. The van der Waals surface area contributed by atoms with Crippen molar-refractivity contribution >= 4 is 17.3 Å². The average molecular weight is 335 g/mol. The van der Waals surface area contributed by atoms with E-state index in [-0.39, 0.29) is 17.5 Å². The number of hydrogen-bond donors (Lipinski definition) is 1. The lowest BCUT2D eigenvalue weighted by atomic mass is 10.1. The molecule has 0 radical (unpaired) electrons. The third-order valence-electron chi connectivity index (χ3n) is 4.05. The van der Waals surface area contributed by atoms with Gasteiger partial charge >= 0.3 is 0 Å². The van der Waals surface area contributed by atoms with Gasteiger partial charge in [0.2, 0.25) is 0 Å². The Balaban J connectivity index is 1.63. The fourth-order valence-electron chi connectivity index (χ4n) is 2.78. The number of benzene rings is 1. The van der Waals surface area contributed by atoms with Gasteiger partial charge in [-0.2, -0.15) is 11.3 Å². The molecule has 1 N–H and O–H groups in total. The number of nitrogens with zero attached hydrogens (tertiary/aromatic N) is 2. The van der Waals surface area contributed by atoms with E-state index in [9.17, 15) is 8.78 Å². The van der Waals surface area contributed by atoms with Gasteiger partial charge in [0, 0.05) is 38.2 Å². The Labute approximate surface area is 138 Å². The molecule has 1 fully saturated rings. The van der Waals surface area contributed by atoms with Crippen molar-refractivity contribution in [2.75, 3.05) is 14.1 Å². The third-order valence-corrected chi connectivity index (χ3v) is 4.78. The monoisotopic (exact) mass is 335 g/mol. The second-order valence-corrected chi connectivity index (χ2v) is 6.54. The van der Waals surface area contributed by atoms with Gasteiger partial charge in [-0.1, -0.05) is 6.07 Å². The number of halogens is 2. The lowest BCUT2D eigenvalue weighted by molar-refractivity contribution is 0.475. The molecule has 0 aliphatic heterocycles. The summed E-state index contributed by atoms with van der Waals surface area (Å²) in [6, 6.07) is 6.11. The van der Waals surface area contributed by atoms with Crippen molar-refractivity contribution in [3.63, 3.8) is 0 Å². The quantitative estimate of drug-likeness (QED) is 0.683. The molecule has 122 valence electrons. The molecule has 23 heavy (non-hydrogen) atoms. The lowest BCUT2D eigenvalue weighted by Gasteiger charge is -2.22. The van der Waals surface area contributed by atoms with Crippen LogP contribution in [0.1, 0.15) is 23.5 Å². The third kappa shape index (κ3) is 3.52. The molecule has 1 aromatic heterocycles. The van der Waals surface area contributed by atoms with E-state index in [1.54, 1.807) is 18.4 Å². The van der Waals surface area contributed by atoms with Crippen LogP contribution in [0.25, 0.3) is 0 Å². The van der Waals surface area contributed by atoms with E-state index in [2.05, 4.69) is 21.8 Å². The van der Waals surface area contributed by atoms with Crippen molar-refractivity contribution in [3.8, 4) is 0 Å². The Hall–Kier alpha value is -1.95. The van der Waals surface area contributed by atoms with Crippen LogP contribution in [0.4, 0.5) is 8.78 Å². The van der Waals surface area contributed by atoms with Crippen LogP contribution in [0.5, 0.6) is 0 Å². The van der Waals surface area contributed by atoms with Crippen molar-refractivity contribution in [2.45, 2.75) is 24.9 Å². The summed E-state index contributed by atoms with van der Waals surface area (Å²) in [6.45, 7) is 0.745. The van der Waals surface area contributed by atoms with Gasteiger partial charge in [-0.15, -0.1) is 0 Å². The van der Waals surface area contributed by atoms with Crippen molar-refractivity contribution in [3.05, 3.63) is 57.8 Å². The zero-order valence-electron chi connectivity index (χ0n) is 13.1. The summed E-state index contributed by atoms with van der Waals surface area (Å²) in [4.78, 5) is 6.28. The maximum absolute atomic E-state index is 13.8. The van der Waals surface area contributed by atoms with Crippen LogP contribution >= 0.6 is 11.3 Å². The van der Waals surface area contributed by atoms with Crippen LogP contribution in [0.2, 0.25) is 0 Å². The second kappa shape index (κ2) is 6.66. The zero-order valence-corrected chi connectivity index (χ0v) is 13.9. The van der Waals surface area contributed by atoms with E-state index in [1.165, 1.54) is 23.8 Å². The Bertz CT molecular complexity index is 680. The SMILES string of the molecule is CN=C(NC1CC1c1c(F)cccc1F)N(C)Cc1ccsc1. The number of aliphatic imine (C=N–C) groups is 1. The van der Waals surface area contributed by atoms with Crippen molar-refractivity contribution in [1.29, 1.82) is 0 Å². The minimum absolute atomic E-state index is 0.0185. The highest BCUT2D eigenvalue weighted by atomic mass is 32.1. The van der Waals surface area contributed by atoms with Gasteiger partial charge in [-0.05, 0) is 40.9 Å². The van der Waals surface area contributed by atoms with Gasteiger partial charge in [0.15, 0.2) is 5.96 Å². The summed E-state index contributed by atoms with van der Waals surface area (Å²) in [5.74, 6) is -0.343. The molecular weight excluding hydrogens is 316 g/mol. The molecule has 3 nitrogen and oxygen atoms in total. The van der Waals surface area contributed by atoms with Gasteiger partial charge in [0.05, 0.1) is 0 Å². The highest BCUT2D eigenvalue weighted by molar-refractivity contribution is 7.07. The fraction of sp³-hybridized carbons (Fsp3) is 0.353. The van der Waals surface area contributed by atoms with E-state index in [1.807, 2.05) is 17.3 Å². The lowest BCUT2D eigenvalue weighted by Crippen LogP contribution is -2.40. The molecule has 1 heterocycles. The van der Waals surface area contributed by atoms with Gasteiger partial charge < -0.3 is 10.2 Å². The second-order valence-electron chi connectivity index (χ2n) is 5.76. The highest BCUT2D eigenvalue weighted by Crippen LogP contribution is 2.43.